The Morgan fingerprint density at radius 3 is 2.78 bits per heavy atom. The van der Waals surface area contributed by atoms with Crippen LogP contribution in [0.5, 0.6) is 0 Å². The van der Waals surface area contributed by atoms with Crippen LogP contribution in [0.4, 0.5) is 11.9 Å². The number of nitrogens with two attached hydrogens (primary N) is 1. The van der Waals surface area contributed by atoms with Crippen LogP contribution < -0.4 is 10.6 Å². The molecule has 1 aliphatic rings. The van der Waals surface area contributed by atoms with Crippen molar-refractivity contribution in [3.63, 3.8) is 0 Å². The Kier molecular flexibility index (Phi) is 5.86. The lowest BCUT2D eigenvalue weighted by molar-refractivity contribution is 0.265. The Hall–Kier alpha value is -1.34. The molecule has 9 heteroatoms. The van der Waals surface area contributed by atoms with Gasteiger partial charge in [0.2, 0.25) is 11.9 Å². The van der Waals surface area contributed by atoms with Crippen LogP contribution in [0.15, 0.2) is 18.2 Å². The predicted octanol–water partition coefficient (Wildman–Crippen LogP) is 2.81. The van der Waals surface area contributed by atoms with Crippen molar-refractivity contribution in [3.8, 4) is 11.4 Å². The summed E-state index contributed by atoms with van der Waals surface area (Å²) in [5.41, 5.74) is 6.41. The monoisotopic (exact) mass is 375 g/mol. The van der Waals surface area contributed by atoms with E-state index in [0.29, 0.717) is 27.4 Å². The van der Waals surface area contributed by atoms with Crippen molar-refractivity contribution in [3.05, 3.63) is 28.2 Å². The highest BCUT2D eigenvalue weighted by atomic mass is 35.5. The second-order valence-corrected chi connectivity index (χ2v) is 5.96. The largest absolute Gasteiger partial charge is 0.394 e. The Bertz CT molecular complexity index is 700. The van der Waals surface area contributed by atoms with Gasteiger partial charge in [0.25, 0.3) is 0 Å². The van der Waals surface area contributed by atoms with E-state index in [1.165, 1.54) is 0 Å². The van der Waals surface area contributed by atoms with Crippen molar-refractivity contribution in [2.75, 3.05) is 23.8 Å². The number of rotatable bonds is 3. The van der Waals surface area contributed by atoms with Crippen LogP contribution in [-0.2, 0) is 0 Å². The van der Waals surface area contributed by atoms with Crippen LogP contribution in [-0.4, -0.2) is 39.3 Å². The first-order valence-corrected chi connectivity index (χ1v) is 7.68. The third-order valence-electron chi connectivity index (χ3n) is 3.65. The van der Waals surface area contributed by atoms with Gasteiger partial charge in [-0.05, 0) is 31.0 Å². The highest BCUT2D eigenvalue weighted by molar-refractivity contribution is 6.35. The van der Waals surface area contributed by atoms with E-state index >= 15 is 0 Å². The second kappa shape index (κ2) is 7.49. The lowest BCUT2D eigenvalue weighted by atomic mass is 10.2. The average molecular weight is 377 g/mol. The Morgan fingerprint density at radius 1 is 1.26 bits per heavy atom. The Labute approximate surface area is 150 Å². The van der Waals surface area contributed by atoms with Gasteiger partial charge in [-0.25, -0.2) is 0 Å². The summed E-state index contributed by atoms with van der Waals surface area (Å²) in [6.07, 6.45) is 1.87. The number of benzene rings is 1. The molecule has 0 bridgehead atoms. The Balaban J connectivity index is 0.00000192. The van der Waals surface area contributed by atoms with Crippen molar-refractivity contribution < 1.29 is 5.11 Å². The standard InChI is InChI=1S/C14H15Cl2N5O.ClH/c15-8-3-4-11(16)10(6-8)12-18-13(17)20-14(19-12)21-5-1-2-9(21)7-22;/h3-4,6,9,22H,1-2,5,7H2,(H2,17,18,19,20);1H/t9-;/m0./s1. The first kappa shape index (κ1) is 18.0. The first-order chi connectivity index (χ1) is 10.6. The summed E-state index contributed by atoms with van der Waals surface area (Å²) in [5.74, 6) is 0.938. The molecular weight excluding hydrogens is 361 g/mol. The van der Waals surface area contributed by atoms with Gasteiger partial charge in [-0.15, -0.1) is 12.4 Å². The fourth-order valence-electron chi connectivity index (χ4n) is 2.59. The van der Waals surface area contributed by atoms with Crippen LogP contribution in [0.2, 0.25) is 10.0 Å². The molecule has 3 N–H and O–H groups in total. The van der Waals surface area contributed by atoms with E-state index in [4.69, 9.17) is 28.9 Å². The molecule has 0 spiro atoms. The summed E-state index contributed by atoms with van der Waals surface area (Å²) in [6, 6.07) is 5.08. The lowest BCUT2D eigenvalue weighted by Crippen LogP contribution is -2.33. The molecule has 1 aliphatic heterocycles. The minimum atomic E-state index is 0. The van der Waals surface area contributed by atoms with Crippen molar-refractivity contribution in [1.82, 2.24) is 15.0 Å². The number of aromatic nitrogens is 3. The molecule has 0 amide bonds. The number of hydrogen-bond donors (Lipinski definition) is 2. The smallest absolute Gasteiger partial charge is 0.231 e. The maximum atomic E-state index is 9.45. The highest BCUT2D eigenvalue weighted by Crippen LogP contribution is 2.30. The van der Waals surface area contributed by atoms with E-state index in [-0.39, 0.29) is 31.0 Å². The van der Waals surface area contributed by atoms with Gasteiger partial charge in [0, 0.05) is 17.1 Å². The summed E-state index contributed by atoms with van der Waals surface area (Å²) in [7, 11) is 0. The maximum Gasteiger partial charge on any atom is 0.231 e. The minimum absolute atomic E-state index is 0. The highest BCUT2D eigenvalue weighted by Gasteiger charge is 2.27. The van der Waals surface area contributed by atoms with Crippen molar-refractivity contribution >= 4 is 47.5 Å². The molecular formula is C14H16Cl3N5O. The molecule has 3 rings (SSSR count). The van der Waals surface area contributed by atoms with E-state index in [1.54, 1.807) is 18.2 Å². The van der Waals surface area contributed by atoms with Crippen molar-refractivity contribution in [2.24, 2.45) is 0 Å². The Morgan fingerprint density at radius 2 is 2.04 bits per heavy atom. The van der Waals surface area contributed by atoms with Gasteiger partial charge in [0.1, 0.15) is 0 Å². The van der Waals surface area contributed by atoms with Gasteiger partial charge in [-0.3, -0.25) is 0 Å². The number of anilines is 2. The van der Waals surface area contributed by atoms with E-state index in [9.17, 15) is 5.11 Å². The van der Waals surface area contributed by atoms with Gasteiger partial charge in [0.05, 0.1) is 17.7 Å². The van der Waals surface area contributed by atoms with Gasteiger partial charge >= 0.3 is 0 Å². The zero-order valence-electron chi connectivity index (χ0n) is 12.1. The quantitative estimate of drug-likeness (QED) is 0.856. The molecule has 2 heterocycles. The van der Waals surface area contributed by atoms with Crippen molar-refractivity contribution in [2.45, 2.75) is 18.9 Å². The normalized spacial score (nSPS) is 17.2. The zero-order valence-corrected chi connectivity index (χ0v) is 14.4. The molecule has 1 atom stereocenters. The molecule has 0 unspecified atom stereocenters. The fourth-order valence-corrected chi connectivity index (χ4v) is 2.96. The molecule has 1 aromatic carbocycles. The topological polar surface area (TPSA) is 88.2 Å². The summed E-state index contributed by atoms with van der Waals surface area (Å²) in [6.45, 7) is 0.830. The first-order valence-electron chi connectivity index (χ1n) is 6.93. The summed E-state index contributed by atoms with van der Waals surface area (Å²) < 4.78 is 0. The fraction of sp³-hybridized carbons (Fsp3) is 0.357. The van der Waals surface area contributed by atoms with E-state index in [0.717, 1.165) is 19.4 Å². The van der Waals surface area contributed by atoms with Crippen LogP contribution in [0, 0.1) is 0 Å². The number of aliphatic hydroxyl groups is 1. The molecule has 6 nitrogen and oxygen atoms in total. The van der Waals surface area contributed by atoms with Gasteiger partial charge in [0.15, 0.2) is 5.82 Å². The van der Waals surface area contributed by atoms with Crippen LogP contribution in [0.1, 0.15) is 12.8 Å². The maximum absolute atomic E-state index is 9.45. The van der Waals surface area contributed by atoms with Gasteiger partial charge in [-0.2, -0.15) is 15.0 Å². The molecule has 124 valence electrons. The van der Waals surface area contributed by atoms with Gasteiger partial charge < -0.3 is 15.7 Å². The summed E-state index contributed by atoms with van der Waals surface area (Å²) in [4.78, 5) is 14.7. The molecule has 2 aromatic rings. The molecule has 0 radical (unpaired) electrons. The lowest BCUT2D eigenvalue weighted by Gasteiger charge is -2.23. The number of hydrogen-bond acceptors (Lipinski definition) is 6. The molecule has 23 heavy (non-hydrogen) atoms. The third kappa shape index (κ3) is 3.77. The summed E-state index contributed by atoms with van der Waals surface area (Å²) >= 11 is 12.2. The van der Waals surface area contributed by atoms with Gasteiger partial charge in [-0.1, -0.05) is 23.2 Å². The third-order valence-corrected chi connectivity index (χ3v) is 4.22. The van der Waals surface area contributed by atoms with E-state index in [1.807, 2.05) is 4.90 Å². The number of halogens is 3. The zero-order chi connectivity index (χ0) is 15.7. The molecule has 1 aromatic heterocycles. The minimum Gasteiger partial charge on any atom is -0.394 e. The number of nitrogens with zero attached hydrogens (tertiary/aromatic N) is 4. The number of nitrogen functional groups attached to an aromatic ring is 1. The SMILES string of the molecule is Cl.Nc1nc(-c2cc(Cl)ccc2Cl)nc(N2CCC[C@H]2CO)n1. The van der Waals surface area contributed by atoms with Crippen LogP contribution in [0.25, 0.3) is 11.4 Å². The molecule has 1 fully saturated rings. The summed E-state index contributed by atoms with van der Waals surface area (Å²) in [5, 5.41) is 10.5. The van der Waals surface area contributed by atoms with Crippen LogP contribution >= 0.6 is 35.6 Å². The van der Waals surface area contributed by atoms with E-state index < -0.39 is 0 Å². The molecule has 0 saturated carbocycles. The second-order valence-electron chi connectivity index (χ2n) is 5.11. The number of aliphatic hydroxyl groups excluding tert-OH is 1. The molecule has 0 aliphatic carbocycles. The van der Waals surface area contributed by atoms with Crippen molar-refractivity contribution in [1.29, 1.82) is 0 Å². The molecule has 1 saturated heterocycles. The van der Waals surface area contributed by atoms with E-state index in [2.05, 4.69) is 15.0 Å². The average Bonchev–Trinajstić information content (AvgIpc) is 2.97. The predicted molar refractivity (Wildman–Crippen MR) is 94.4 cm³/mol. The van der Waals surface area contributed by atoms with Crippen LogP contribution in [0.3, 0.4) is 0 Å².